The molecule has 1 aromatic heterocycles. The first-order valence-corrected chi connectivity index (χ1v) is 9.11. The molecule has 3 rings (SSSR count). The van der Waals surface area contributed by atoms with E-state index >= 15 is 0 Å². The van der Waals surface area contributed by atoms with E-state index in [4.69, 9.17) is 9.72 Å². The summed E-state index contributed by atoms with van der Waals surface area (Å²) in [5, 5.41) is 0. The van der Waals surface area contributed by atoms with Gasteiger partial charge in [-0.2, -0.15) is 0 Å². The summed E-state index contributed by atoms with van der Waals surface area (Å²) in [6.07, 6.45) is 2.06. The number of ether oxygens (including phenoxy) is 1. The molecule has 5 nitrogen and oxygen atoms in total. The molecule has 0 saturated carbocycles. The van der Waals surface area contributed by atoms with Gasteiger partial charge in [0.2, 0.25) is 0 Å². The van der Waals surface area contributed by atoms with E-state index < -0.39 is 0 Å². The number of aromatic nitrogens is 2. The van der Waals surface area contributed by atoms with Crippen molar-refractivity contribution < 1.29 is 4.74 Å². The Labute approximate surface area is 151 Å². The number of hydrogen-bond donors (Lipinski definition) is 0. The normalized spacial score (nSPS) is 18.0. The minimum absolute atomic E-state index is 0.328. The summed E-state index contributed by atoms with van der Waals surface area (Å²) in [6.45, 7) is 10.7. The lowest BCUT2D eigenvalue weighted by Crippen LogP contribution is -2.37. The summed E-state index contributed by atoms with van der Waals surface area (Å²) >= 11 is 0. The summed E-state index contributed by atoms with van der Waals surface area (Å²) in [4.78, 5) is 9.60. The van der Waals surface area contributed by atoms with Gasteiger partial charge in [0.05, 0.1) is 18.8 Å². The van der Waals surface area contributed by atoms with E-state index in [1.807, 2.05) is 12.1 Å². The molecule has 2 aromatic rings. The maximum absolute atomic E-state index is 5.25. The van der Waals surface area contributed by atoms with Gasteiger partial charge >= 0.3 is 0 Å². The molecule has 1 aliphatic heterocycles. The number of nitrogens with zero attached hydrogens (tertiary/aromatic N) is 4. The third kappa shape index (κ3) is 3.88. The third-order valence-electron chi connectivity index (χ3n) is 5.34. The molecule has 0 spiro atoms. The second-order valence-electron chi connectivity index (χ2n) is 7.26. The van der Waals surface area contributed by atoms with Crippen molar-refractivity contribution in [3.63, 3.8) is 0 Å². The molecule has 1 atom stereocenters. The van der Waals surface area contributed by atoms with Gasteiger partial charge in [-0.05, 0) is 45.5 Å². The first kappa shape index (κ1) is 18.0. The summed E-state index contributed by atoms with van der Waals surface area (Å²) in [5.74, 6) is 2.09. The third-order valence-corrected chi connectivity index (χ3v) is 5.34. The number of rotatable bonds is 6. The van der Waals surface area contributed by atoms with Crippen molar-refractivity contribution in [2.45, 2.75) is 52.5 Å². The van der Waals surface area contributed by atoms with Crippen LogP contribution in [0.15, 0.2) is 30.5 Å². The van der Waals surface area contributed by atoms with E-state index in [0.717, 1.165) is 31.9 Å². The van der Waals surface area contributed by atoms with Crippen molar-refractivity contribution in [3.05, 3.63) is 47.5 Å². The summed E-state index contributed by atoms with van der Waals surface area (Å²) in [6, 6.07) is 9.23. The molecular weight excluding hydrogens is 312 g/mol. The van der Waals surface area contributed by atoms with Crippen LogP contribution in [-0.4, -0.2) is 46.1 Å². The first-order chi connectivity index (χ1) is 12.0. The van der Waals surface area contributed by atoms with E-state index in [1.54, 1.807) is 7.11 Å². The first-order valence-electron chi connectivity index (χ1n) is 9.11. The Morgan fingerprint density at radius 2 is 1.96 bits per heavy atom. The van der Waals surface area contributed by atoms with Crippen molar-refractivity contribution in [3.8, 4) is 5.75 Å². The Morgan fingerprint density at radius 1 is 1.24 bits per heavy atom. The maximum Gasteiger partial charge on any atom is 0.126 e. The van der Waals surface area contributed by atoms with E-state index in [9.17, 15) is 0 Å². The molecule has 25 heavy (non-hydrogen) atoms. The van der Waals surface area contributed by atoms with Crippen LogP contribution in [-0.2, 0) is 19.6 Å². The quantitative estimate of drug-likeness (QED) is 0.806. The molecule has 0 fully saturated rings. The van der Waals surface area contributed by atoms with Gasteiger partial charge in [-0.25, -0.2) is 4.98 Å². The standard InChI is InChI=1S/C20H30N4O/c1-15(2)22(4)14-18-12-21-20-16(3)23(10-11-24(18)20)13-17-6-8-19(25-5)9-7-17/h6-9,12,15-16H,10-11,13-14H2,1-5H3/t16-/m0/s1. The summed E-state index contributed by atoms with van der Waals surface area (Å²) in [5.41, 5.74) is 2.63. The Balaban J connectivity index is 1.70. The number of fused-ring (bicyclic) bond motifs is 1. The van der Waals surface area contributed by atoms with Crippen molar-refractivity contribution in [2.75, 3.05) is 20.7 Å². The SMILES string of the molecule is COc1ccc(CN2CCn3c(CN(C)C(C)C)cnc3[C@@H]2C)cc1. The smallest absolute Gasteiger partial charge is 0.126 e. The number of benzene rings is 1. The molecule has 2 heterocycles. The fourth-order valence-electron chi connectivity index (χ4n) is 3.35. The Hall–Kier alpha value is -1.85. The monoisotopic (exact) mass is 342 g/mol. The lowest BCUT2D eigenvalue weighted by Gasteiger charge is -2.35. The van der Waals surface area contributed by atoms with Crippen LogP contribution in [0.2, 0.25) is 0 Å². The highest BCUT2D eigenvalue weighted by Crippen LogP contribution is 2.27. The van der Waals surface area contributed by atoms with Gasteiger partial charge in [-0.15, -0.1) is 0 Å². The fraction of sp³-hybridized carbons (Fsp3) is 0.550. The predicted octanol–water partition coefficient (Wildman–Crippen LogP) is 3.31. The summed E-state index contributed by atoms with van der Waals surface area (Å²) < 4.78 is 7.66. The van der Waals surface area contributed by atoms with Crippen molar-refractivity contribution >= 4 is 0 Å². The van der Waals surface area contributed by atoms with Gasteiger partial charge in [0.25, 0.3) is 0 Å². The zero-order valence-electron chi connectivity index (χ0n) is 16.1. The van der Waals surface area contributed by atoms with Crippen molar-refractivity contribution in [1.82, 2.24) is 19.4 Å². The van der Waals surface area contributed by atoms with E-state index in [-0.39, 0.29) is 0 Å². The van der Waals surface area contributed by atoms with Gasteiger partial charge in [-0.1, -0.05) is 12.1 Å². The average Bonchev–Trinajstić information content (AvgIpc) is 3.01. The highest BCUT2D eigenvalue weighted by atomic mass is 16.5. The van der Waals surface area contributed by atoms with Crippen LogP contribution in [0.1, 0.15) is 43.9 Å². The van der Waals surface area contributed by atoms with Crippen LogP contribution >= 0.6 is 0 Å². The van der Waals surface area contributed by atoms with Gasteiger partial charge in [0.1, 0.15) is 11.6 Å². The number of imidazole rings is 1. The highest BCUT2D eigenvalue weighted by Gasteiger charge is 2.27. The minimum atomic E-state index is 0.328. The molecule has 0 saturated heterocycles. The number of hydrogen-bond acceptors (Lipinski definition) is 4. The second-order valence-corrected chi connectivity index (χ2v) is 7.26. The summed E-state index contributed by atoms with van der Waals surface area (Å²) in [7, 11) is 3.88. The molecule has 0 aliphatic carbocycles. The van der Waals surface area contributed by atoms with Gasteiger partial charge in [0.15, 0.2) is 0 Å². The van der Waals surface area contributed by atoms with Crippen molar-refractivity contribution in [2.24, 2.45) is 0 Å². The van der Waals surface area contributed by atoms with E-state index in [0.29, 0.717) is 12.1 Å². The van der Waals surface area contributed by atoms with Crippen LogP contribution in [0.25, 0.3) is 0 Å². The molecule has 0 amide bonds. The largest absolute Gasteiger partial charge is 0.497 e. The molecule has 5 heteroatoms. The van der Waals surface area contributed by atoms with Gasteiger partial charge < -0.3 is 9.30 Å². The van der Waals surface area contributed by atoms with Crippen LogP contribution in [0.4, 0.5) is 0 Å². The van der Waals surface area contributed by atoms with E-state index in [1.165, 1.54) is 17.1 Å². The number of methoxy groups -OCH3 is 1. The average molecular weight is 342 g/mol. The lowest BCUT2D eigenvalue weighted by molar-refractivity contribution is 0.152. The van der Waals surface area contributed by atoms with Crippen LogP contribution in [0, 0.1) is 0 Å². The predicted molar refractivity (Wildman–Crippen MR) is 101 cm³/mol. The topological polar surface area (TPSA) is 33.5 Å². The van der Waals surface area contributed by atoms with Crippen LogP contribution in [0.3, 0.4) is 0 Å². The minimum Gasteiger partial charge on any atom is -0.497 e. The lowest BCUT2D eigenvalue weighted by atomic mass is 10.1. The van der Waals surface area contributed by atoms with Gasteiger partial charge in [0, 0.05) is 38.4 Å². The molecule has 1 aliphatic rings. The highest BCUT2D eigenvalue weighted by molar-refractivity contribution is 5.27. The van der Waals surface area contributed by atoms with E-state index in [2.05, 4.69) is 60.5 Å². The zero-order chi connectivity index (χ0) is 18.0. The maximum atomic E-state index is 5.25. The van der Waals surface area contributed by atoms with Crippen molar-refractivity contribution in [1.29, 1.82) is 0 Å². The Kier molecular flexibility index (Phi) is 5.45. The zero-order valence-corrected chi connectivity index (χ0v) is 16.1. The molecule has 0 bridgehead atoms. The second kappa shape index (κ2) is 7.58. The van der Waals surface area contributed by atoms with Crippen LogP contribution in [0.5, 0.6) is 5.75 Å². The molecular formula is C20H30N4O. The Morgan fingerprint density at radius 3 is 2.60 bits per heavy atom. The fourth-order valence-corrected chi connectivity index (χ4v) is 3.35. The molecule has 0 N–H and O–H groups in total. The molecule has 0 radical (unpaired) electrons. The molecule has 0 unspecified atom stereocenters. The molecule has 136 valence electrons. The Bertz CT molecular complexity index is 692. The van der Waals surface area contributed by atoms with Gasteiger partial charge in [-0.3, -0.25) is 9.80 Å². The molecule has 1 aromatic carbocycles. The van der Waals surface area contributed by atoms with Crippen LogP contribution < -0.4 is 4.74 Å².